The molecule has 0 fully saturated rings. The summed E-state index contributed by atoms with van der Waals surface area (Å²) in [5.74, 6) is 0.262. The summed E-state index contributed by atoms with van der Waals surface area (Å²) in [7, 11) is 1.34. The SMILES string of the molecule is COC(=O)CCN(Cc1ccccc1)C(=O)Cc1csc(COc2ccc(Cl)cc2)n1. The van der Waals surface area contributed by atoms with E-state index in [2.05, 4.69) is 4.98 Å². The number of amides is 1. The van der Waals surface area contributed by atoms with Crippen molar-refractivity contribution in [1.29, 1.82) is 0 Å². The van der Waals surface area contributed by atoms with Crippen molar-refractivity contribution in [1.82, 2.24) is 9.88 Å². The molecule has 0 saturated heterocycles. The standard InChI is InChI=1S/C23H23ClN2O4S/c1-29-23(28)11-12-26(14-17-5-3-2-4-6-17)22(27)13-19-16-31-21(25-19)15-30-20-9-7-18(24)8-10-20/h2-10,16H,11-15H2,1H3. The van der Waals surface area contributed by atoms with Crippen molar-refractivity contribution in [2.45, 2.75) is 26.0 Å². The lowest BCUT2D eigenvalue weighted by molar-refractivity contribution is -0.141. The first-order valence-corrected chi connectivity index (χ1v) is 11.0. The van der Waals surface area contributed by atoms with Gasteiger partial charge in [-0.3, -0.25) is 9.59 Å². The van der Waals surface area contributed by atoms with Crippen LogP contribution >= 0.6 is 22.9 Å². The summed E-state index contributed by atoms with van der Waals surface area (Å²) < 4.78 is 10.4. The molecule has 1 aromatic heterocycles. The van der Waals surface area contributed by atoms with Gasteiger partial charge in [0.05, 0.1) is 25.6 Å². The van der Waals surface area contributed by atoms with Crippen LogP contribution in [0.15, 0.2) is 60.0 Å². The third-order valence-electron chi connectivity index (χ3n) is 4.49. The molecule has 3 rings (SSSR count). The van der Waals surface area contributed by atoms with Crippen molar-refractivity contribution in [3.8, 4) is 5.75 Å². The predicted octanol–water partition coefficient (Wildman–Crippen LogP) is 4.51. The fourth-order valence-corrected chi connectivity index (χ4v) is 3.69. The molecule has 2 aromatic carbocycles. The van der Waals surface area contributed by atoms with E-state index >= 15 is 0 Å². The lowest BCUT2D eigenvalue weighted by atomic mass is 10.2. The van der Waals surface area contributed by atoms with Crippen LogP contribution in [0.1, 0.15) is 22.7 Å². The highest BCUT2D eigenvalue weighted by Crippen LogP contribution is 2.19. The Morgan fingerprint density at radius 1 is 1.10 bits per heavy atom. The maximum atomic E-state index is 12.9. The fourth-order valence-electron chi connectivity index (χ4n) is 2.86. The van der Waals surface area contributed by atoms with E-state index in [0.717, 1.165) is 10.6 Å². The van der Waals surface area contributed by atoms with Gasteiger partial charge in [-0.25, -0.2) is 4.98 Å². The minimum atomic E-state index is -0.346. The summed E-state index contributed by atoms with van der Waals surface area (Å²) in [5.41, 5.74) is 1.68. The molecule has 0 atom stereocenters. The van der Waals surface area contributed by atoms with Crippen LogP contribution in [0.2, 0.25) is 5.02 Å². The van der Waals surface area contributed by atoms with E-state index < -0.39 is 0 Å². The number of thiazole rings is 1. The van der Waals surface area contributed by atoms with Crippen LogP contribution in [-0.4, -0.2) is 35.4 Å². The van der Waals surface area contributed by atoms with Crippen LogP contribution in [0.3, 0.4) is 0 Å². The molecular weight excluding hydrogens is 436 g/mol. The van der Waals surface area contributed by atoms with Gasteiger partial charge in [-0.1, -0.05) is 41.9 Å². The Morgan fingerprint density at radius 2 is 1.84 bits per heavy atom. The molecule has 6 nitrogen and oxygen atoms in total. The highest BCUT2D eigenvalue weighted by Gasteiger charge is 2.18. The molecule has 0 bridgehead atoms. The molecule has 0 saturated carbocycles. The van der Waals surface area contributed by atoms with E-state index in [0.29, 0.717) is 29.6 Å². The molecule has 0 radical (unpaired) electrons. The molecule has 0 aliphatic carbocycles. The second-order valence-corrected chi connectivity index (χ2v) is 8.16. The molecule has 1 heterocycles. The number of esters is 1. The largest absolute Gasteiger partial charge is 0.486 e. The van der Waals surface area contributed by atoms with Gasteiger partial charge in [0.1, 0.15) is 17.4 Å². The average molecular weight is 459 g/mol. The molecule has 31 heavy (non-hydrogen) atoms. The summed E-state index contributed by atoms with van der Waals surface area (Å²) in [6.07, 6.45) is 0.303. The van der Waals surface area contributed by atoms with Crippen LogP contribution in [0.25, 0.3) is 0 Å². The zero-order valence-electron chi connectivity index (χ0n) is 17.1. The number of ether oxygens (including phenoxy) is 2. The minimum Gasteiger partial charge on any atom is -0.486 e. The highest BCUT2D eigenvalue weighted by atomic mass is 35.5. The number of hydrogen-bond donors (Lipinski definition) is 0. The molecule has 1 amide bonds. The molecule has 0 N–H and O–H groups in total. The van der Waals surface area contributed by atoms with Gasteiger partial charge in [0, 0.05) is 23.5 Å². The Morgan fingerprint density at radius 3 is 2.55 bits per heavy atom. The van der Waals surface area contributed by atoms with Crippen LogP contribution in [0, 0.1) is 0 Å². The van der Waals surface area contributed by atoms with Crippen molar-refractivity contribution in [2.24, 2.45) is 0 Å². The number of methoxy groups -OCH3 is 1. The Kier molecular flexibility index (Phi) is 8.44. The first-order chi connectivity index (χ1) is 15.0. The Hall–Kier alpha value is -2.90. The maximum Gasteiger partial charge on any atom is 0.307 e. The van der Waals surface area contributed by atoms with Crippen molar-refractivity contribution in [3.63, 3.8) is 0 Å². The summed E-state index contributed by atoms with van der Waals surface area (Å²) >= 11 is 7.32. The van der Waals surface area contributed by atoms with E-state index in [4.69, 9.17) is 21.1 Å². The van der Waals surface area contributed by atoms with Gasteiger partial charge in [0.2, 0.25) is 5.91 Å². The second-order valence-electron chi connectivity index (χ2n) is 6.78. The number of rotatable bonds is 10. The molecule has 3 aromatic rings. The van der Waals surface area contributed by atoms with E-state index in [1.807, 2.05) is 35.7 Å². The van der Waals surface area contributed by atoms with Crippen LogP contribution in [-0.2, 0) is 33.9 Å². The zero-order chi connectivity index (χ0) is 22.1. The van der Waals surface area contributed by atoms with Crippen LogP contribution < -0.4 is 4.74 Å². The number of hydrogen-bond acceptors (Lipinski definition) is 6. The monoisotopic (exact) mass is 458 g/mol. The Labute approximate surface area is 190 Å². The van der Waals surface area contributed by atoms with Gasteiger partial charge in [0.25, 0.3) is 0 Å². The van der Waals surface area contributed by atoms with Gasteiger partial charge < -0.3 is 14.4 Å². The number of aromatic nitrogens is 1. The number of benzene rings is 2. The summed E-state index contributed by atoms with van der Waals surface area (Å²) in [6, 6.07) is 16.8. The van der Waals surface area contributed by atoms with Crippen molar-refractivity contribution in [3.05, 3.63) is 81.3 Å². The molecule has 8 heteroatoms. The van der Waals surface area contributed by atoms with E-state index in [-0.39, 0.29) is 31.3 Å². The smallest absolute Gasteiger partial charge is 0.307 e. The molecule has 0 aliphatic heterocycles. The Balaban J connectivity index is 1.59. The van der Waals surface area contributed by atoms with Gasteiger partial charge in [-0.05, 0) is 29.8 Å². The number of nitrogens with zero attached hydrogens (tertiary/aromatic N) is 2. The quantitative estimate of drug-likeness (QED) is 0.418. The van der Waals surface area contributed by atoms with Crippen molar-refractivity contribution in [2.75, 3.05) is 13.7 Å². The van der Waals surface area contributed by atoms with E-state index in [1.165, 1.54) is 18.4 Å². The highest BCUT2D eigenvalue weighted by molar-refractivity contribution is 7.09. The van der Waals surface area contributed by atoms with E-state index in [1.54, 1.807) is 29.2 Å². The minimum absolute atomic E-state index is 0.0942. The van der Waals surface area contributed by atoms with Crippen molar-refractivity contribution < 1.29 is 19.1 Å². The maximum absolute atomic E-state index is 12.9. The second kappa shape index (κ2) is 11.5. The summed E-state index contributed by atoms with van der Waals surface area (Å²) in [6.45, 7) is 1.03. The topological polar surface area (TPSA) is 68.7 Å². The van der Waals surface area contributed by atoms with Crippen LogP contribution in [0.5, 0.6) is 5.75 Å². The van der Waals surface area contributed by atoms with Gasteiger partial charge in [-0.2, -0.15) is 0 Å². The number of halogens is 1. The Bertz CT molecular complexity index is 992. The molecular formula is C23H23ClN2O4S. The van der Waals surface area contributed by atoms with E-state index in [9.17, 15) is 9.59 Å². The molecule has 0 aliphatic rings. The first-order valence-electron chi connectivity index (χ1n) is 9.73. The molecule has 162 valence electrons. The molecule has 0 spiro atoms. The first kappa shape index (κ1) is 22.8. The van der Waals surface area contributed by atoms with Gasteiger partial charge in [0.15, 0.2) is 0 Å². The van der Waals surface area contributed by atoms with Gasteiger partial charge >= 0.3 is 5.97 Å². The number of carbonyl (C=O) groups is 2. The molecule has 0 unspecified atom stereocenters. The normalized spacial score (nSPS) is 10.5. The third-order valence-corrected chi connectivity index (χ3v) is 5.61. The van der Waals surface area contributed by atoms with Gasteiger partial charge in [-0.15, -0.1) is 11.3 Å². The fraction of sp³-hybridized carbons (Fsp3) is 0.261. The lowest BCUT2D eigenvalue weighted by Crippen LogP contribution is -2.34. The third kappa shape index (κ3) is 7.38. The lowest BCUT2D eigenvalue weighted by Gasteiger charge is -2.22. The zero-order valence-corrected chi connectivity index (χ0v) is 18.7. The number of carbonyl (C=O) groups excluding carboxylic acids is 2. The predicted molar refractivity (Wildman–Crippen MR) is 120 cm³/mol. The summed E-state index contributed by atoms with van der Waals surface area (Å²) in [4.78, 5) is 30.7. The van der Waals surface area contributed by atoms with Crippen LogP contribution in [0.4, 0.5) is 0 Å². The average Bonchev–Trinajstić information content (AvgIpc) is 3.23. The summed E-state index contributed by atoms with van der Waals surface area (Å²) in [5, 5.41) is 3.29. The van der Waals surface area contributed by atoms with Crippen molar-refractivity contribution >= 4 is 34.8 Å².